The van der Waals surface area contributed by atoms with Gasteiger partial charge in [-0.25, -0.2) is 4.99 Å². The zero-order chi connectivity index (χ0) is 8.27. The van der Waals surface area contributed by atoms with Crippen LogP contribution in [0.4, 0.5) is 0 Å². The summed E-state index contributed by atoms with van der Waals surface area (Å²) in [5, 5.41) is 0. The minimum absolute atomic E-state index is 0.395. The lowest BCUT2D eigenvalue weighted by atomic mass is 10.3. The number of nitrogens with zero attached hydrogens (tertiary/aromatic N) is 2. The summed E-state index contributed by atoms with van der Waals surface area (Å²) >= 11 is 0. The number of hydrogen-bond donors (Lipinski definition) is 1. The van der Waals surface area contributed by atoms with Crippen molar-refractivity contribution in [3.63, 3.8) is 0 Å². The molecule has 11 heavy (non-hydrogen) atoms. The second-order valence-electron chi connectivity index (χ2n) is 3.14. The molecule has 1 heterocycles. The first-order chi connectivity index (χ1) is 5.24. The minimum atomic E-state index is 0.395. The molecule has 0 aromatic carbocycles. The number of rotatable bonds is 3. The van der Waals surface area contributed by atoms with Crippen molar-refractivity contribution in [1.82, 2.24) is 4.90 Å². The first-order valence-electron chi connectivity index (χ1n) is 4.32. The predicted molar refractivity (Wildman–Crippen MR) is 47.6 cm³/mol. The third kappa shape index (κ3) is 2.10. The number of hydrogen-bond acceptors (Lipinski definition) is 3. The monoisotopic (exact) mass is 155 g/mol. The van der Waals surface area contributed by atoms with E-state index in [4.69, 9.17) is 5.73 Å². The quantitative estimate of drug-likeness (QED) is 0.655. The molecule has 0 aliphatic carbocycles. The highest BCUT2D eigenvalue weighted by atomic mass is 15.3. The second kappa shape index (κ2) is 3.60. The van der Waals surface area contributed by atoms with Crippen molar-refractivity contribution in [3.05, 3.63) is 0 Å². The van der Waals surface area contributed by atoms with Crippen molar-refractivity contribution in [3.8, 4) is 0 Å². The Balaban J connectivity index is 2.32. The summed E-state index contributed by atoms with van der Waals surface area (Å²) in [6, 6.07) is 0.395. The van der Waals surface area contributed by atoms with Gasteiger partial charge >= 0.3 is 0 Å². The zero-order valence-electron chi connectivity index (χ0n) is 7.38. The van der Waals surface area contributed by atoms with Crippen LogP contribution in [-0.4, -0.2) is 30.0 Å². The van der Waals surface area contributed by atoms with Gasteiger partial charge in [0.05, 0.1) is 6.04 Å². The van der Waals surface area contributed by atoms with Crippen molar-refractivity contribution in [2.24, 2.45) is 10.7 Å². The van der Waals surface area contributed by atoms with Crippen LogP contribution in [0.5, 0.6) is 0 Å². The van der Waals surface area contributed by atoms with Gasteiger partial charge in [0.1, 0.15) is 0 Å². The number of guanidine groups is 1. The van der Waals surface area contributed by atoms with Gasteiger partial charge in [-0.15, -0.1) is 0 Å². The van der Waals surface area contributed by atoms with E-state index in [1.54, 1.807) is 0 Å². The van der Waals surface area contributed by atoms with Crippen LogP contribution in [0.25, 0.3) is 0 Å². The van der Waals surface area contributed by atoms with Crippen molar-refractivity contribution in [2.45, 2.75) is 32.7 Å². The average molecular weight is 155 g/mol. The molecule has 3 heteroatoms. The van der Waals surface area contributed by atoms with Crippen LogP contribution >= 0.6 is 0 Å². The first-order valence-corrected chi connectivity index (χ1v) is 4.32. The maximum absolute atomic E-state index is 5.69. The molecule has 0 saturated carbocycles. The maximum atomic E-state index is 5.69. The predicted octanol–water partition coefficient (Wildman–Crippen LogP) is 0.805. The Morgan fingerprint density at radius 1 is 1.73 bits per heavy atom. The van der Waals surface area contributed by atoms with E-state index in [1.807, 2.05) is 0 Å². The molecule has 0 aromatic heterocycles. The Morgan fingerprint density at radius 2 is 2.45 bits per heavy atom. The number of aliphatic imine (C=N–C) groups is 1. The largest absolute Gasteiger partial charge is 0.370 e. The molecule has 0 spiro atoms. The molecule has 1 atom stereocenters. The molecule has 3 nitrogen and oxygen atoms in total. The van der Waals surface area contributed by atoms with Gasteiger partial charge in [-0.2, -0.15) is 0 Å². The van der Waals surface area contributed by atoms with E-state index in [-0.39, 0.29) is 0 Å². The third-order valence-corrected chi connectivity index (χ3v) is 1.94. The summed E-state index contributed by atoms with van der Waals surface area (Å²) < 4.78 is 0. The molecule has 1 aliphatic rings. The van der Waals surface area contributed by atoms with E-state index in [0.29, 0.717) is 6.04 Å². The lowest BCUT2D eigenvalue weighted by molar-refractivity contribution is 0.417. The van der Waals surface area contributed by atoms with Crippen molar-refractivity contribution in [1.29, 1.82) is 0 Å². The highest BCUT2D eigenvalue weighted by Crippen LogP contribution is 2.06. The van der Waals surface area contributed by atoms with Crippen molar-refractivity contribution in [2.75, 3.05) is 13.1 Å². The van der Waals surface area contributed by atoms with E-state index >= 15 is 0 Å². The molecule has 64 valence electrons. The highest BCUT2D eigenvalue weighted by Gasteiger charge is 2.17. The molecule has 1 unspecified atom stereocenters. The standard InChI is InChI=1S/C8H17N3/c1-3-4-5-11-6-7(2)10-8(11)9/h7H,3-6H2,1-2H3,(H2,9,10). The Bertz CT molecular complexity index is 153. The van der Waals surface area contributed by atoms with Crippen LogP contribution < -0.4 is 5.73 Å². The fourth-order valence-electron chi connectivity index (χ4n) is 1.32. The molecular formula is C8H17N3. The summed E-state index contributed by atoms with van der Waals surface area (Å²) in [7, 11) is 0. The lowest BCUT2D eigenvalue weighted by Gasteiger charge is -2.16. The number of unbranched alkanes of at least 4 members (excludes halogenated alkanes) is 1. The Morgan fingerprint density at radius 3 is 2.91 bits per heavy atom. The maximum Gasteiger partial charge on any atom is 0.191 e. The topological polar surface area (TPSA) is 41.6 Å². The van der Waals surface area contributed by atoms with E-state index in [1.165, 1.54) is 12.8 Å². The normalized spacial score (nSPS) is 24.0. The van der Waals surface area contributed by atoms with Gasteiger partial charge in [-0.3, -0.25) is 0 Å². The summed E-state index contributed by atoms with van der Waals surface area (Å²) in [5.41, 5.74) is 5.69. The Labute approximate surface area is 68.3 Å². The summed E-state index contributed by atoms with van der Waals surface area (Å²) in [4.78, 5) is 6.40. The fraction of sp³-hybridized carbons (Fsp3) is 0.875. The molecule has 0 bridgehead atoms. The molecule has 0 amide bonds. The SMILES string of the molecule is CCCCN1CC(C)N=C1N. The van der Waals surface area contributed by atoms with Gasteiger partial charge in [0, 0.05) is 13.1 Å². The molecule has 0 aromatic rings. The van der Waals surface area contributed by atoms with Crippen LogP contribution in [-0.2, 0) is 0 Å². The first kappa shape index (κ1) is 8.37. The van der Waals surface area contributed by atoms with Crippen LogP contribution in [0.3, 0.4) is 0 Å². The van der Waals surface area contributed by atoms with Gasteiger partial charge in [0.2, 0.25) is 0 Å². The molecule has 1 rings (SSSR count). The van der Waals surface area contributed by atoms with E-state index < -0.39 is 0 Å². The van der Waals surface area contributed by atoms with Crippen molar-refractivity contribution < 1.29 is 0 Å². The third-order valence-electron chi connectivity index (χ3n) is 1.94. The Kier molecular flexibility index (Phi) is 2.74. The molecule has 0 fully saturated rings. The molecular weight excluding hydrogens is 138 g/mol. The van der Waals surface area contributed by atoms with E-state index in [9.17, 15) is 0 Å². The molecule has 2 N–H and O–H groups in total. The minimum Gasteiger partial charge on any atom is -0.370 e. The van der Waals surface area contributed by atoms with Gasteiger partial charge < -0.3 is 10.6 Å². The highest BCUT2D eigenvalue weighted by molar-refractivity contribution is 5.79. The van der Waals surface area contributed by atoms with Crippen LogP contribution in [0.15, 0.2) is 4.99 Å². The average Bonchev–Trinajstić information content (AvgIpc) is 2.26. The summed E-state index contributed by atoms with van der Waals surface area (Å²) in [6.07, 6.45) is 2.43. The van der Waals surface area contributed by atoms with Crippen LogP contribution in [0.2, 0.25) is 0 Å². The fourth-order valence-corrected chi connectivity index (χ4v) is 1.32. The van der Waals surface area contributed by atoms with E-state index in [0.717, 1.165) is 19.0 Å². The van der Waals surface area contributed by atoms with E-state index in [2.05, 4.69) is 23.7 Å². The molecule has 1 aliphatic heterocycles. The van der Waals surface area contributed by atoms with Crippen molar-refractivity contribution >= 4 is 5.96 Å². The Hall–Kier alpha value is -0.730. The lowest BCUT2D eigenvalue weighted by Crippen LogP contribution is -2.35. The van der Waals surface area contributed by atoms with Gasteiger partial charge in [0.15, 0.2) is 5.96 Å². The zero-order valence-corrected chi connectivity index (χ0v) is 7.38. The van der Waals surface area contributed by atoms with Gasteiger partial charge in [-0.05, 0) is 13.3 Å². The molecule has 0 radical (unpaired) electrons. The second-order valence-corrected chi connectivity index (χ2v) is 3.14. The smallest absolute Gasteiger partial charge is 0.191 e. The van der Waals surface area contributed by atoms with Crippen LogP contribution in [0.1, 0.15) is 26.7 Å². The summed E-state index contributed by atoms with van der Waals surface area (Å²) in [6.45, 7) is 6.35. The van der Waals surface area contributed by atoms with Crippen LogP contribution in [0, 0.1) is 0 Å². The van der Waals surface area contributed by atoms with Gasteiger partial charge in [0.25, 0.3) is 0 Å². The molecule has 0 saturated heterocycles. The number of nitrogens with two attached hydrogens (primary N) is 1. The summed E-state index contributed by atoms with van der Waals surface area (Å²) in [5.74, 6) is 0.728. The van der Waals surface area contributed by atoms with Gasteiger partial charge in [-0.1, -0.05) is 13.3 Å².